The van der Waals surface area contributed by atoms with Crippen LogP contribution in [-0.4, -0.2) is 15.0 Å². The summed E-state index contributed by atoms with van der Waals surface area (Å²) >= 11 is 0. The fraction of sp³-hybridized carbons (Fsp3) is 0.0250. The highest BCUT2D eigenvalue weighted by Crippen LogP contribution is 2.63. The molecular weight excluding hydrogens is 538 g/mol. The van der Waals surface area contributed by atoms with E-state index < -0.39 is 5.41 Å². The average Bonchev–Trinajstić information content (AvgIpc) is 3.40. The minimum Gasteiger partial charge on any atom is -0.456 e. The molecule has 0 amide bonds. The summed E-state index contributed by atoms with van der Waals surface area (Å²) in [6.45, 7) is 0. The molecule has 4 heteroatoms. The molecule has 0 saturated carbocycles. The van der Waals surface area contributed by atoms with Crippen molar-refractivity contribution in [3.63, 3.8) is 0 Å². The third kappa shape index (κ3) is 3.48. The molecule has 0 unspecified atom stereocenters. The fourth-order valence-electron chi connectivity index (χ4n) is 7.03. The van der Waals surface area contributed by atoms with Gasteiger partial charge in [-0.25, -0.2) is 9.97 Å². The Balaban J connectivity index is 1.35. The van der Waals surface area contributed by atoms with Crippen molar-refractivity contribution in [1.29, 1.82) is 0 Å². The van der Waals surface area contributed by atoms with Gasteiger partial charge in [0.05, 0.1) is 22.5 Å². The summed E-state index contributed by atoms with van der Waals surface area (Å²) in [4.78, 5) is 14.7. The third-order valence-corrected chi connectivity index (χ3v) is 8.84. The van der Waals surface area contributed by atoms with Gasteiger partial charge in [-0.05, 0) is 52.6 Å². The van der Waals surface area contributed by atoms with Gasteiger partial charge in [-0.3, -0.25) is 4.98 Å². The average molecular weight is 564 g/mol. The van der Waals surface area contributed by atoms with E-state index in [2.05, 4.69) is 89.9 Å². The van der Waals surface area contributed by atoms with Crippen LogP contribution in [0, 0.1) is 0 Å². The first-order chi connectivity index (χ1) is 21.8. The number of nitrogens with zero attached hydrogens (tertiary/aromatic N) is 3. The van der Waals surface area contributed by atoms with Gasteiger partial charge in [-0.2, -0.15) is 0 Å². The summed E-state index contributed by atoms with van der Waals surface area (Å²) in [7, 11) is 0. The van der Waals surface area contributed by atoms with E-state index in [1.807, 2.05) is 60.7 Å². The molecule has 0 atom stereocenters. The second-order valence-electron chi connectivity index (χ2n) is 11.2. The molecule has 44 heavy (non-hydrogen) atoms. The zero-order valence-corrected chi connectivity index (χ0v) is 23.7. The molecule has 1 aliphatic carbocycles. The summed E-state index contributed by atoms with van der Waals surface area (Å²) in [5, 5.41) is 0. The number of benzene rings is 5. The van der Waals surface area contributed by atoms with Crippen molar-refractivity contribution < 1.29 is 4.74 Å². The molecule has 9 rings (SSSR count). The van der Waals surface area contributed by atoms with Crippen LogP contribution < -0.4 is 4.74 Å². The lowest BCUT2D eigenvalue weighted by molar-refractivity contribution is 0.438. The molecule has 3 heterocycles. The summed E-state index contributed by atoms with van der Waals surface area (Å²) < 4.78 is 6.89. The molecule has 4 nitrogen and oxygen atoms in total. The molecular formula is C40H25N3O. The zero-order valence-electron chi connectivity index (χ0n) is 23.7. The zero-order chi connectivity index (χ0) is 29.1. The molecule has 2 aliphatic rings. The lowest BCUT2D eigenvalue weighted by Gasteiger charge is -2.40. The van der Waals surface area contributed by atoms with Crippen LogP contribution in [0.2, 0.25) is 0 Å². The van der Waals surface area contributed by atoms with Gasteiger partial charge < -0.3 is 4.74 Å². The monoisotopic (exact) mass is 563 g/mol. The topological polar surface area (TPSA) is 47.9 Å². The minimum absolute atomic E-state index is 0.535. The molecule has 0 bridgehead atoms. The standard InChI is InChI=1S/C40H25N3O/c1-2-13-26(14-3-1)39-42-35(25-36(43-39)34-22-10-11-24-41-34)29-17-12-21-33-38(29)44-37-23-9-8-20-32(37)40(33)30-18-6-4-15-27(30)28-16-5-7-19-31(28)40/h1-25H. The Kier molecular flexibility index (Phi) is 5.38. The Hall–Kier alpha value is -5.87. The quantitative estimate of drug-likeness (QED) is 0.215. The van der Waals surface area contributed by atoms with E-state index in [1.54, 1.807) is 6.20 Å². The van der Waals surface area contributed by atoms with Crippen LogP contribution in [0.3, 0.4) is 0 Å². The van der Waals surface area contributed by atoms with Crippen LogP contribution >= 0.6 is 0 Å². The van der Waals surface area contributed by atoms with Crippen LogP contribution in [0.4, 0.5) is 0 Å². The van der Waals surface area contributed by atoms with Crippen molar-refractivity contribution >= 4 is 0 Å². The fourth-order valence-corrected chi connectivity index (χ4v) is 7.03. The van der Waals surface area contributed by atoms with E-state index in [1.165, 1.54) is 22.3 Å². The maximum atomic E-state index is 6.89. The van der Waals surface area contributed by atoms with Gasteiger partial charge in [-0.1, -0.05) is 115 Å². The molecule has 0 N–H and O–H groups in total. The van der Waals surface area contributed by atoms with E-state index >= 15 is 0 Å². The maximum Gasteiger partial charge on any atom is 0.160 e. The maximum absolute atomic E-state index is 6.89. The number of hydrogen-bond donors (Lipinski definition) is 0. The highest BCUT2D eigenvalue weighted by Gasteiger charge is 2.51. The van der Waals surface area contributed by atoms with Gasteiger partial charge in [0, 0.05) is 28.5 Å². The van der Waals surface area contributed by atoms with E-state index in [-0.39, 0.29) is 0 Å². The number of fused-ring (bicyclic) bond motifs is 9. The second-order valence-corrected chi connectivity index (χ2v) is 11.2. The lowest BCUT2D eigenvalue weighted by Crippen LogP contribution is -2.32. The predicted octanol–water partition coefficient (Wildman–Crippen LogP) is 9.34. The number of para-hydroxylation sites is 2. The van der Waals surface area contributed by atoms with Gasteiger partial charge in [0.25, 0.3) is 0 Å². The largest absolute Gasteiger partial charge is 0.456 e. The lowest BCUT2D eigenvalue weighted by atomic mass is 9.65. The van der Waals surface area contributed by atoms with Gasteiger partial charge in [-0.15, -0.1) is 0 Å². The Morgan fingerprint density at radius 3 is 1.82 bits per heavy atom. The Morgan fingerprint density at radius 1 is 0.455 bits per heavy atom. The number of rotatable bonds is 3. The van der Waals surface area contributed by atoms with Crippen LogP contribution in [0.15, 0.2) is 152 Å². The second kappa shape index (κ2) is 9.58. The Morgan fingerprint density at radius 2 is 1.07 bits per heavy atom. The van der Waals surface area contributed by atoms with E-state index in [0.717, 1.165) is 50.8 Å². The first-order valence-electron chi connectivity index (χ1n) is 14.8. The van der Waals surface area contributed by atoms with E-state index in [9.17, 15) is 0 Å². The molecule has 5 aromatic carbocycles. The van der Waals surface area contributed by atoms with Crippen molar-refractivity contribution in [3.8, 4) is 56.7 Å². The van der Waals surface area contributed by atoms with Gasteiger partial charge in [0.15, 0.2) is 5.82 Å². The summed E-state index contributed by atoms with van der Waals surface area (Å²) in [6, 6.07) is 50.4. The molecule has 206 valence electrons. The van der Waals surface area contributed by atoms with Crippen LogP contribution in [0.1, 0.15) is 22.3 Å². The predicted molar refractivity (Wildman–Crippen MR) is 174 cm³/mol. The summed E-state index contributed by atoms with van der Waals surface area (Å²) in [5.74, 6) is 2.30. The van der Waals surface area contributed by atoms with Crippen LogP contribution in [0.5, 0.6) is 11.5 Å². The normalized spacial score (nSPS) is 13.4. The summed E-state index contributed by atoms with van der Waals surface area (Å²) in [5.41, 5.74) is 10.9. The minimum atomic E-state index is -0.535. The number of pyridine rings is 1. The Bertz CT molecular complexity index is 2110. The van der Waals surface area contributed by atoms with E-state index in [4.69, 9.17) is 14.7 Å². The molecule has 7 aromatic rings. The molecule has 0 radical (unpaired) electrons. The molecule has 0 fully saturated rings. The van der Waals surface area contributed by atoms with Crippen LogP contribution in [0.25, 0.3) is 45.2 Å². The van der Waals surface area contributed by atoms with Gasteiger partial charge >= 0.3 is 0 Å². The van der Waals surface area contributed by atoms with Crippen molar-refractivity contribution in [2.75, 3.05) is 0 Å². The van der Waals surface area contributed by atoms with E-state index in [0.29, 0.717) is 5.82 Å². The van der Waals surface area contributed by atoms with Crippen molar-refractivity contribution in [1.82, 2.24) is 15.0 Å². The molecule has 1 spiro atoms. The smallest absolute Gasteiger partial charge is 0.160 e. The number of ether oxygens (including phenoxy) is 1. The first-order valence-corrected chi connectivity index (χ1v) is 14.8. The first kappa shape index (κ1) is 24.7. The highest BCUT2D eigenvalue weighted by molar-refractivity contribution is 5.90. The Labute approximate surface area is 255 Å². The van der Waals surface area contributed by atoms with Crippen molar-refractivity contribution in [3.05, 3.63) is 174 Å². The SMILES string of the molecule is c1ccc(-c2nc(-c3ccccn3)cc(-c3cccc4c3Oc3ccccc3C43c4ccccc4-c4ccccc43)n2)cc1. The highest BCUT2D eigenvalue weighted by atomic mass is 16.5. The van der Waals surface area contributed by atoms with Crippen molar-refractivity contribution in [2.24, 2.45) is 0 Å². The molecule has 2 aromatic heterocycles. The van der Waals surface area contributed by atoms with Gasteiger partial charge in [0.1, 0.15) is 11.5 Å². The number of aromatic nitrogens is 3. The molecule has 1 aliphatic heterocycles. The number of hydrogen-bond acceptors (Lipinski definition) is 4. The summed E-state index contributed by atoms with van der Waals surface area (Å²) in [6.07, 6.45) is 1.79. The van der Waals surface area contributed by atoms with Crippen molar-refractivity contribution in [2.45, 2.75) is 5.41 Å². The van der Waals surface area contributed by atoms with Crippen LogP contribution in [-0.2, 0) is 5.41 Å². The third-order valence-electron chi connectivity index (χ3n) is 8.84. The molecule has 0 saturated heterocycles. The van der Waals surface area contributed by atoms with Gasteiger partial charge in [0.2, 0.25) is 0 Å².